The summed E-state index contributed by atoms with van der Waals surface area (Å²) in [5, 5.41) is 9.61. The lowest BCUT2D eigenvalue weighted by Gasteiger charge is -2.25. The van der Waals surface area contributed by atoms with E-state index in [1.165, 1.54) is 20.9 Å². The molecule has 4 nitrogen and oxygen atoms in total. The van der Waals surface area contributed by atoms with E-state index < -0.39 is 32.2 Å². The van der Waals surface area contributed by atoms with Gasteiger partial charge in [-0.1, -0.05) is 0 Å². The predicted octanol–water partition coefficient (Wildman–Crippen LogP) is 2.12. The summed E-state index contributed by atoms with van der Waals surface area (Å²) in [4.78, 5) is -0.652. The Morgan fingerprint density at radius 2 is 1.89 bits per heavy atom. The molecule has 0 aliphatic carbocycles. The van der Waals surface area contributed by atoms with Crippen LogP contribution < -0.4 is 0 Å². The average molecular weight is 358 g/mol. The maximum absolute atomic E-state index is 13.7. The maximum atomic E-state index is 13.7. The van der Waals surface area contributed by atoms with Crippen molar-refractivity contribution in [3.8, 4) is 0 Å². The number of rotatable bonds is 4. The Balaban J connectivity index is 3.29. The Labute approximate surface area is 119 Å². The van der Waals surface area contributed by atoms with Gasteiger partial charge in [-0.2, -0.15) is 4.31 Å². The van der Waals surface area contributed by atoms with E-state index in [1.807, 2.05) is 0 Å². The van der Waals surface area contributed by atoms with Crippen molar-refractivity contribution in [3.63, 3.8) is 0 Å². The van der Waals surface area contributed by atoms with E-state index in [-0.39, 0.29) is 11.0 Å². The fraction of sp³-hybridized carbons (Fsp3) is 0.455. The van der Waals surface area contributed by atoms with Gasteiger partial charge in [0.1, 0.15) is 16.5 Å². The molecule has 0 radical (unpaired) electrons. The Morgan fingerprint density at radius 1 is 1.37 bits per heavy atom. The van der Waals surface area contributed by atoms with Crippen LogP contribution in [0.25, 0.3) is 0 Å². The molecule has 19 heavy (non-hydrogen) atoms. The predicted molar refractivity (Wildman–Crippen MR) is 70.2 cm³/mol. The lowest BCUT2D eigenvalue weighted by molar-refractivity contribution is 0.0639. The van der Waals surface area contributed by atoms with Crippen molar-refractivity contribution >= 4 is 26.0 Å². The normalized spacial score (nSPS) is 13.1. The Kier molecular flexibility index (Phi) is 4.71. The van der Waals surface area contributed by atoms with Crippen molar-refractivity contribution in [1.82, 2.24) is 4.31 Å². The summed E-state index contributed by atoms with van der Waals surface area (Å²) in [5.41, 5.74) is -1.27. The molecule has 1 rings (SSSR count). The van der Waals surface area contributed by atoms with Crippen LogP contribution in [0, 0.1) is 11.6 Å². The second-order valence-corrected chi connectivity index (χ2v) is 7.61. The van der Waals surface area contributed by atoms with Gasteiger partial charge >= 0.3 is 0 Å². The van der Waals surface area contributed by atoms with E-state index in [0.29, 0.717) is 6.07 Å². The maximum Gasteiger partial charge on any atom is 0.246 e. The first-order valence-electron chi connectivity index (χ1n) is 5.28. The molecule has 0 aliphatic heterocycles. The summed E-state index contributed by atoms with van der Waals surface area (Å²) in [6.07, 6.45) is 0. The molecule has 1 aromatic rings. The van der Waals surface area contributed by atoms with Crippen LogP contribution in [-0.4, -0.2) is 37.0 Å². The fourth-order valence-corrected chi connectivity index (χ4v) is 3.99. The zero-order chi connectivity index (χ0) is 15.0. The van der Waals surface area contributed by atoms with E-state index in [4.69, 9.17) is 0 Å². The molecule has 0 aliphatic rings. The number of benzene rings is 1. The van der Waals surface area contributed by atoms with Crippen molar-refractivity contribution in [2.24, 2.45) is 0 Å². The molecule has 0 unspecified atom stereocenters. The molecule has 0 saturated heterocycles. The monoisotopic (exact) mass is 357 g/mol. The van der Waals surface area contributed by atoms with Gasteiger partial charge in [0.05, 0.1) is 5.60 Å². The van der Waals surface area contributed by atoms with Gasteiger partial charge in [0.2, 0.25) is 10.0 Å². The number of hydrogen-bond donors (Lipinski definition) is 1. The van der Waals surface area contributed by atoms with E-state index in [2.05, 4.69) is 15.9 Å². The van der Waals surface area contributed by atoms with Gasteiger partial charge in [-0.05, 0) is 35.8 Å². The van der Waals surface area contributed by atoms with Crippen LogP contribution in [0.1, 0.15) is 13.8 Å². The summed E-state index contributed by atoms with van der Waals surface area (Å²) in [5.74, 6) is -2.07. The zero-order valence-corrected chi connectivity index (χ0v) is 13.0. The van der Waals surface area contributed by atoms with E-state index in [0.717, 1.165) is 10.4 Å². The van der Waals surface area contributed by atoms with E-state index >= 15 is 0 Å². The summed E-state index contributed by atoms with van der Waals surface area (Å²) in [7, 11) is -2.95. The van der Waals surface area contributed by atoms with Crippen LogP contribution in [-0.2, 0) is 10.0 Å². The lowest BCUT2D eigenvalue weighted by Crippen LogP contribution is -2.40. The molecule has 0 saturated carbocycles. The molecule has 8 heteroatoms. The second-order valence-electron chi connectivity index (χ2n) is 4.77. The highest BCUT2D eigenvalue weighted by molar-refractivity contribution is 9.10. The van der Waals surface area contributed by atoms with Gasteiger partial charge in [0.25, 0.3) is 0 Å². The van der Waals surface area contributed by atoms with Gasteiger partial charge in [-0.15, -0.1) is 0 Å². The van der Waals surface area contributed by atoms with Crippen LogP contribution in [0.5, 0.6) is 0 Å². The number of nitrogens with zero attached hydrogens (tertiary/aromatic N) is 1. The minimum absolute atomic E-state index is 0.201. The molecule has 0 fully saturated rings. The van der Waals surface area contributed by atoms with Crippen LogP contribution in [0.2, 0.25) is 0 Å². The number of halogens is 3. The quantitative estimate of drug-likeness (QED) is 0.897. The minimum atomic E-state index is -4.17. The van der Waals surface area contributed by atoms with Crippen molar-refractivity contribution in [2.45, 2.75) is 24.3 Å². The van der Waals surface area contributed by atoms with Crippen LogP contribution in [0.15, 0.2) is 21.5 Å². The SMILES string of the molecule is CN(CC(C)(C)O)S(=O)(=O)c1c(F)cc(F)cc1Br. The third kappa shape index (κ3) is 3.95. The van der Waals surface area contributed by atoms with Gasteiger partial charge in [-0.25, -0.2) is 17.2 Å². The summed E-state index contributed by atoms with van der Waals surface area (Å²) >= 11 is 2.83. The van der Waals surface area contributed by atoms with E-state index in [9.17, 15) is 22.3 Å². The Morgan fingerprint density at radius 3 is 2.32 bits per heavy atom. The highest BCUT2D eigenvalue weighted by Gasteiger charge is 2.31. The standard InChI is InChI=1S/C11H14BrF2NO3S/c1-11(2,16)6-15(3)19(17,18)10-8(12)4-7(13)5-9(10)14/h4-5,16H,6H2,1-3H3. The van der Waals surface area contributed by atoms with Crippen molar-refractivity contribution < 1.29 is 22.3 Å². The fourth-order valence-electron chi connectivity index (χ4n) is 1.56. The van der Waals surface area contributed by atoms with Gasteiger partial charge < -0.3 is 5.11 Å². The van der Waals surface area contributed by atoms with Crippen molar-refractivity contribution in [1.29, 1.82) is 0 Å². The second kappa shape index (κ2) is 5.43. The average Bonchev–Trinajstić information content (AvgIpc) is 2.11. The molecule has 0 bridgehead atoms. The molecule has 0 amide bonds. The summed E-state index contributed by atoms with van der Waals surface area (Å²) in [6.45, 7) is 2.63. The van der Waals surface area contributed by atoms with Gasteiger partial charge in [-0.3, -0.25) is 0 Å². The van der Waals surface area contributed by atoms with E-state index in [1.54, 1.807) is 0 Å². The third-order valence-corrected chi connectivity index (χ3v) is 5.01. The zero-order valence-electron chi connectivity index (χ0n) is 10.6. The van der Waals surface area contributed by atoms with Crippen molar-refractivity contribution in [3.05, 3.63) is 28.2 Å². The number of likely N-dealkylation sites (N-methyl/N-ethyl adjacent to an activating group) is 1. The molecule has 0 heterocycles. The van der Waals surface area contributed by atoms with Crippen LogP contribution >= 0.6 is 15.9 Å². The minimum Gasteiger partial charge on any atom is -0.389 e. The molecular weight excluding hydrogens is 344 g/mol. The number of aliphatic hydroxyl groups is 1. The largest absolute Gasteiger partial charge is 0.389 e. The lowest BCUT2D eigenvalue weighted by atomic mass is 10.1. The number of hydrogen-bond acceptors (Lipinski definition) is 3. The molecule has 0 aromatic heterocycles. The first-order chi connectivity index (χ1) is 8.45. The smallest absolute Gasteiger partial charge is 0.246 e. The van der Waals surface area contributed by atoms with Crippen LogP contribution in [0.4, 0.5) is 8.78 Å². The van der Waals surface area contributed by atoms with Gasteiger partial charge in [0.15, 0.2) is 0 Å². The summed E-state index contributed by atoms with van der Waals surface area (Å²) < 4.78 is 51.6. The third-order valence-electron chi connectivity index (χ3n) is 2.24. The van der Waals surface area contributed by atoms with Crippen molar-refractivity contribution in [2.75, 3.05) is 13.6 Å². The molecule has 1 aromatic carbocycles. The Bertz CT molecular complexity index is 561. The molecule has 0 atom stereocenters. The molecule has 0 spiro atoms. The first kappa shape index (κ1) is 16.5. The van der Waals surface area contributed by atoms with Crippen LogP contribution in [0.3, 0.4) is 0 Å². The summed E-state index contributed by atoms with van der Waals surface area (Å²) in [6, 6.07) is 1.36. The molecule has 1 N–H and O–H groups in total. The highest BCUT2D eigenvalue weighted by Crippen LogP contribution is 2.28. The number of sulfonamides is 1. The molecular formula is C11H14BrF2NO3S. The Hall–Kier alpha value is -0.570. The highest BCUT2D eigenvalue weighted by atomic mass is 79.9. The topological polar surface area (TPSA) is 57.6 Å². The first-order valence-corrected chi connectivity index (χ1v) is 7.52. The molecule has 108 valence electrons. The van der Waals surface area contributed by atoms with Gasteiger partial charge in [0, 0.05) is 24.1 Å².